The molecule has 4 heteroatoms. The zero-order valence-corrected chi connectivity index (χ0v) is 14.4. The molecule has 0 unspecified atom stereocenters. The third kappa shape index (κ3) is 7.09. The lowest BCUT2D eigenvalue weighted by Gasteiger charge is -2.41. The first-order valence-corrected chi connectivity index (χ1v) is 8.83. The summed E-state index contributed by atoms with van der Waals surface area (Å²) in [5.41, 5.74) is 6.23. The van der Waals surface area contributed by atoms with Gasteiger partial charge in [0.1, 0.15) is 0 Å². The lowest BCUT2D eigenvalue weighted by atomic mass is 9.96. The van der Waals surface area contributed by atoms with Gasteiger partial charge in [-0.05, 0) is 19.3 Å². The van der Waals surface area contributed by atoms with E-state index in [1.807, 2.05) is 0 Å². The van der Waals surface area contributed by atoms with Gasteiger partial charge in [-0.3, -0.25) is 4.90 Å². The van der Waals surface area contributed by atoms with Crippen LogP contribution in [0.4, 0.5) is 0 Å². The first kappa shape index (κ1) is 18.9. The smallest absolute Gasteiger partial charge is 0.0854 e. The van der Waals surface area contributed by atoms with Crippen molar-refractivity contribution in [3.05, 3.63) is 0 Å². The molecular weight excluding hydrogens is 264 g/mol. The maximum absolute atomic E-state index is 6.23. The van der Waals surface area contributed by atoms with Gasteiger partial charge >= 0.3 is 0 Å². The number of unbranched alkanes of at least 4 members (excludes halogenated alkanes) is 2. The Morgan fingerprint density at radius 1 is 1.14 bits per heavy atom. The molecule has 1 aliphatic rings. The molecule has 2 N–H and O–H groups in total. The van der Waals surface area contributed by atoms with Crippen LogP contribution < -0.4 is 5.73 Å². The van der Waals surface area contributed by atoms with Crippen molar-refractivity contribution in [2.24, 2.45) is 5.73 Å². The number of methoxy groups -OCH3 is 1. The fourth-order valence-electron chi connectivity index (χ4n) is 3.14. The van der Waals surface area contributed by atoms with Crippen molar-refractivity contribution in [3.8, 4) is 0 Å². The predicted octanol–water partition coefficient (Wildman–Crippen LogP) is 2.80. The van der Waals surface area contributed by atoms with Gasteiger partial charge in [0.15, 0.2) is 0 Å². The summed E-state index contributed by atoms with van der Waals surface area (Å²) in [7, 11) is 1.71. The standard InChI is InChI=1S/C17H36N2O2/c1-4-6-8-15(9-7-5-2)19-11-10-16(18)17(14-19)21-13-12-20-3/h15-17H,4-14,18H2,1-3H3/t16-,17-/m1/s1. The lowest BCUT2D eigenvalue weighted by Crippen LogP contribution is -2.54. The molecule has 1 rings (SSSR count). The summed E-state index contributed by atoms with van der Waals surface area (Å²) < 4.78 is 11.0. The second-order valence-corrected chi connectivity index (χ2v) is 6.29. The van der Waals surface area contributed by atoms with Crippen LogP contribution in [0.2, 0.25) is 0 Å². The second-order valence-electron chi connectivity index (χ2n) is 6.29. The monoisotopic (exact) mass is 300 g/mol. The highest BCUT2D eigenvalue weighted by Gasteiger charge is 2.30. The molecule has 0 aliphatic carbocycles. The molecule has 0 aromatic rings. The Morgan fingerprint density at radius 3 is 2.38 bits per heavy atom. The van der Waals surface area contributed by atoms with E-state index in [-0.39, 0.29) is 12.1 Å². The van der Waals surface area contributed by atoms with E-state index in [9.17, 15) is 0 Å². The topological polar surface area (TPSA) is 47.7 Å². The Morgan fingerprint density at radius 2 is 1.81 bits per heavy atom. The van der Waals surface area contributed by atoms with E-state index in [2.05, 4.69) is 18.7 Å². The number of nitrogens with zero attached hydrogens (tertiary/aromatic N) is 1. The van der Waals surface area contributed by atoms with Crippen molar-refractivity contribution < 1.29 is 9.47 Å². The van der Waals surface area contributed by atoms with Gasteiger partial charge in [0.2, 0.25) is 0 Å². The largest absolute Gasteiger partial charge is 0.382 e. The normalized spacial score (nSPS) is 23.9. The first-order valence-electron chi connectivity index (χ1n) is 8.83. The summed E-state index contributed by atoms with van der Waals surface area (Å²) in [5, 5.41) is 0. The number of hydrogen-bond donors (Lipinski definition) is 1. The van der Waals surface area contributed by atoms with E-state index < -0.39 is 0 Å². The summed E-state index contributed by atoms with van der Waals surface area (Å²) in [6, 6.07) is 0.891. The summed E-state index contributed by atoms with van der Waals surface area (Å²) >= 11 is 0. The molecule has 0 spiro atoms. The Kier molecular flexibility index (Phi) is 10.3. The Hall–Kier alpha value is -0.160. The van der Waals surface area contributed by atoms with Gasteiger partial charge in [0.25, 0.3) is 0 Å². The van der Waals surface area contributed by atoms with Crippen molar-refractivity contribution in [3.63, 3.8) is 0 Å². The molecule has 0 aromatic carbocycles. The van der Waals surface area contributed by atoms with Gasteiger partial charge in [-0.15, -0.1) is 0 Å². The summed E-state index contributed by atoms with van der Waals surface area (Å²) in [4.78, 5) is 2.63. The van der Waals surface area contributed by atoms with Crippen molar-refractivity contribution in [1.29, 1.82) is 0 Å². The third-order valence-corrected chi connectivity index (χ3v) is 4.56. The van der Waals surface area contributed by atoms with Crippen LogP contribution in [-0.2, 0) is 9.47 Å². The van der Waals surface area contributed by atoms with E-state index in [1.165, 1.54) is 38.5 Å². The molecule has 0 amide bonds. The Balaban J connectivity index is 2.48. The molecular formula is C17H36N2O2. The number of nitrogens with two attached hydrogens (primary N) is 1. The van der Waals surface area contributed by atoms with Crippen molar-refractivity contribution in [2.45, 2.75) is 77.0 Å². The van der Waals surface area contributed by atoms with Crippen molar-refractivity contribution in [1.82, 2.24) is 4.90 Å². The lowest BCUT2D eigenvalue weighted by molar-refractivity contribution is -0.0419. The van der Waals surface area contributed by atoms with E-state index in [0.29, 0.717) is 19.3 Å². The fourth-order valence-corrected chi connectivity index (χ4v) is 3.14. The minimum atomic E-state index is 0.166. The third-order valence-electron chi connectivity index (χ3n) is 4.56. The average molecular weight is 300 g/mol. The Labute approximate surface area is 131 Å². The van der Waals surface area contributed by atoms with Gasteiger partial charge in [-0.25, -0.2) is 0 Å². The number of piperidine rings is 1. The minimum Gasteiger partial charge on any atom is -0.382 e. The average Bonchev–Trinajstić information content (AvgIpc) is 2.50. The minimum absolute atomic E-state index is 0.166. The highest BCUT2D eigenvalue weighted by molar-refractivity contribution is 4.87. The predicted molar refractivity (Wildman–Crippen MR) is 88.6 cm³/mol. The number of hydrogen-bond acceptors (Lipinski definition) is 4. The zero-order valence-electron chi connectivity index (χ0n) is 14.4. The molecule has 1 heterocycles. The van der Waals surface area contributed by atoms with Gasteiger partial charge < -0.3 is 15.2 Å². The van der Waals surface area contributed by atoms with Crippen LogP contribution in [-0.4, -0.2) is 56.5 Å². The highest BCUT2D eigenvalue weighted by atomic mass is 16.5. The molecule has 1 saturated heterocycles. The maximum Gasteiger partial charge on any atom is 0.0854 e. The fraction of sp³-hybridized carbons (Fsp3) is 1.00. The van der Waals surface area contributed by atoms with Gasteiger partial charge in [0.05, 0.1) is 19.3 Å². The van der Waals surface area contributed by atoms with E-state index in [1.54, 1.807) is 7.11 Å². The van der Waals surface area contributed by atoms with Gasteiger partial charge in [0, 0.05) is 32.3 Å². The zero-order chi connectivity index (χ0) is 15.5. The van der Waals surface area contributed by atoms with Crippen LogP contribution in [0, 0.1) is 0 Å². The van der Waals surface area contributed by atoms with Gasteiger partial charge in [-0.2, -0.15) is 0 Å². The molecule has 1 aliphatic heterocycles. The van der Waals surface area contributed by atoms with Crippen LogP contribution in [0.15, 0.2) is 0 Å². The molecule has 4 nitrogen and oxygen atoms in total. The van der Waals surface area contributed by atoms with E-state index >= 15 is 0 Å². The molecule has 126 valence electrons. The van der Waals surface area contributed by atoms with Crippen molar-refractivity contribution in [2.75, 3.05) is 33.4 Å². The number of rotatable bonds is 11. The SMILES string of the molecule is CCCCC(CCCC)N1CC[C@@H](N)[C@H](OCCOC)C1. The second kappa shape index (κ2) is 11.4. The molecule has 1 fully saturated rings. The molecule has 21 heavy (non-hydrogen) atoms. The summed E-state index contributed by atoms with van der Waals surface area (Å²) in [6.07, 6.45) is 9.06. The van der Waals surface area contributed by atoms with Crippen LogP contribution in [0.3, 0.4) is 0 Å². The number of likely N-dealkylation sites (tertiary alicyclic amines) is 1. The maximum atomic E-state index is 6.23. The van der Waals surface area contributed by atoms with Gasteiger partial charge in [-0.1, -0.05) is 39.5 Å². The summed E-state index contributed by atoms with van der Waals surface area (Å²) in [6.45, 7) is 7.97. The molecule has 0 saturated carbocycles. The molecule has 2 atom stereocenters. The quantitative estimate of drug-likeness (QED) is 0.596. The summed E-state index contributed by atoms with van der Waals surface area (Å²) in [5.74, 6) is 0. The number of ether oxygens (including phenoxy) is 2. The first-order chi connectivity index (χ1) is 10.2. The van der Waals surface area contributed by atoms with Crippen molar-refractivity contribution >= 4 is 0 Å². The van der Waals surface area contributed by atoms with Crippen LogP contribution >= 0.6 is 0 Å². The molecule has 0 radical (unpaired) electrons. The highest BCUT2D eigenvalue weighted by Crippen LogP contribution is 2.21. The van der Waals surface area contributed by atoms with E-state index in [0.717, 1.165) is 19.5 Å². The van der Waals surface area contributed by atoms with Crippen LogP contribution in [0.5, 0.6) is 0 Å². The molecule has 0 aromatic heterocycles. The Bertz CT molecular complexity index is 243. The van der Waals surface area contributed by atoms with E-state index in [4.69, 9.17) is 15.2 Å². The van der Waals surface area contributed by atoms with Crippen LogP contribution in [0.1, 0.15) is 58.8 Å². The molecule has 0 bridgehead atoms. The van der Waals surface area contributed by atoms with Crippen LogP contribution in [0.25, 0.3) is 0 Å².